The molecule has 4 fully saturated rings. The van der Waals surface area contributed by atoms with Gasteiger partial charge in [0.15, 0.2) is 6.04 Å². The van der Waals surface area contributed by atoms with Crippen LogP contribution in [0, 0.1) is 34.5 Å². The number of hydrogen-bond donors (Lipinski definition) is 0. The number of amides is 1. The second-order valence-corrected chi connectivity index (χ2v) is 7.07. The molecule has 4 nitrogen and oxygen atoms in total. The molecule has 1 heterocycles. The average Bonchev–Trinajstić information content (AvgIpc) is 2.45. The van der Waals surface area contributed by atoms with Crippen molar-refractivity contribution in [3.05, 3.63) is 12.2 Å². The fourth-order valence-electron chi connectivity index (χ4n) is 5.31. The molecule has 0 aromatic rings. The van der Waals surface area contributed by atoms with Gasteiger partial charge in [0.25, 0.3) is 0 Å². The van der Waals surface area contributed by atoms with Crippen molar-refractivity contribution in [1.29, 1.82) is 5.26 Å². The zero-order valence-electron chi connectivity index (χ0n) is 11.5. The van der Waals surface area contributed by atoms with Gasteiger partial charge in [-0.1, -0.05) is 0 Å². The number of carbonyl (C=O) groups is 1. The van der Waals surface area contributed by atoms with Gasteiger partial charge >= 0.3 is 0 Å². The van der Waals surface area contributed by atoms with E-state index in [1.54, 1.807) is 18.4 Å². The van der Waals surface area contributed by atoms with Crippen LogP contribution in [0.15, 0.2) is 17.3 Å². The van der Waals surface area contributed by atoms with E-state index in [1.165, 1.54) is 24.3 Å². The van der Waals surface area contributed by atoms with E-state index in [4.69, 9.17) is 0 Å². The van der Waals surface area contributed by atoms with Crippen molar-refractivity contribution in [1.82, 2.24) is 5.01 Å². The molecule has 4 aliphatic carbocycles. The first kappa shape index (κ1) is 12.1. The highest BCUT2D eigenvalue weighted by molar-refractivity contribution is 5.86. The molecule has 4 bridgehead atoms. The van der Waals surface area contributed by atoms with Crippen molar-refractivity contribution in [3.8, 4) is 6.07 Å². The third-order valence-corrected chi connectivity index (χ3v) is 5.67. The molecule has 0 spiro atoms. The monoisotopic (exact) mass is 269 g/mol. The molecule has 1 unspecified atom stereocenters. The zero-order valence-corrected chi connectivity index (χ0v) is 11.5. The summed E-state index contributed by atoms with van der Waals surface area (Å²) in [4.78, 5) is 13.0. The minimum atomic E-state index is -0.527. The molecule has 5 rings (SSSR count). The second-order valence-electron chi connectivity index (χ2n) is 7.07. The fraction of sp³-hybridized carbons (Fsp3) is 0.688. The van der Waals surface area contributed by atoms with E-state index in [0.717, 1.165) is 37.0 Å². The molecule has 0 radical (unpaired) electrons. The van der Waals surface area contributed by atoms with Gasteiger partial charge in [0.05, 0.1) is 11.5 Å². The summed E-state index contributed by atoms with van der Waals surface area (Å²) in [5, 5.41) is 14.8. The largest absolute Gasteiger partial charge is 0.272 e. The van der Waals surface area contributed by atoms with Gasteiger partial charge in [-0.15, -0.1) is 0 Å². The number of carbonyl (C=O) groups excluding carboxylic acids is 1. The Bertz CT molecular complexity index is 507. The molecule has 0 aromatic heterocycles. The Labute approximate surface area is 119 Å². The van der Waals surface area contributed by atoms with Gasteiger partial charge in [-0.25, -0.2) is 5.01 Å². The van der Waals surface area contributed by atoms with Gasteiger partial charge in [0.2, 0.25) is 5.91 Å². The average molecular weight is 269 g/mol. The standard InChI is InChI=1S/C16H19N3O/c17-10-14-2-1-3-18-19(14)15(20)16-7-11-4-12(8-16)6-13(5-11)9-16/h1-3,11-14H,4-9H2. The van der Waals surface area contributed by atoms with Crippen LogP contribution in [0.25, 0.3) is 0 Å². The van der Waals surface area contributed by atoms with Gasteiger partial charge < -0.3 is 0 Å². The maximum absolute atomic E-state index is 13.0. The lowest BCUT2D eigenvalue weighted by Crippen LogP contribution is -2.55. The predicted octanol–water partition coefficient (Wildman–Crippen LogP) is 2.48. The normalized spacial score (nSPS) is 44.6. The van der Waals surface area contributed by atoms with Crippen molar-refractivity contribution in [2.24, 2.45) is 28.3 Å². The molecular weight excluding hydrogens is 250 g/mol. The highest BCUT2D eigenvalue weighted by Gasteiger charge is 2.56. The number of rotatable bonds is 1. The lowest BCUT2D eigenvalue weighted by Gasteiger charge is -2.56. The van der Waals surface area contributed by atoms with E-state index in [0.29, 0.717) is 0 Å². The summed E-state index contributed by atoms with van der Waals surface area (Å²) < 4.78 is 0. The molecule has 1 atom stereocenters. The van der Waals surface area contributed by atoms with E-state index in [2.05, 4.69) is 11.2 Å². The first-order valence-corrected chi connectivity index (χ1v) is 7.64. The summed E-state index contributed by atoms with van der Waals surface area (Å²) >= 11 is 0. The van der Waals surface area contributed by atoms with E-state index in [1.807, 2.05) is 0 Å². The Morgan fingerprint density at radius 2 is 1.80 bits per heavy atom. The minimum Gasteiger partial charge on any atom is -0.272 e. The Morgan fingerprint density at radius 1 is 1.20 bits per heavy atom. The van der Waals surface area contributed by atoms with E-state index in [9.17, 15) is 10.1 Å². The smallest absolute Gasteiger partial charge is 0.250 e. The molecule has 0 aromatic carbocycles. The minimum absolute atomic E-state index is 0.101. The maximum Gasteiger partial charge on any atom is 0.250 e. The number of hydrazone groups is 1. The number of nitriles is 1. The van der Waals surface area contributed by atoms with Gasteiger partial charge in [0, 0.05) is 6.21 Å². The molecule has 20 heavy (non-hydrogen) atoms. The van der Waals surface area contributed by atoms with Crippen LogP contribution in [0.5, 0.6) is 0 Å². The molecule has 0 N–H and O–H groups in total. The predicted molar refractivity (Wildman–Crippen MR) is 74.5 cm³/mol. The third kappa shape index (κ3) is 1.65. The van der Waals surface area contributed by atoms with Crippen molar-refractivity contribution in [3.63, 3.8) is 0 Å². The van der Waals surface area contributed by atoms with Crippen molar-refractivity contribution >= 4 is 12.1 Å². The maximum atomic E-state index is 13.0. The number of hydrogen-bond acceptors (Lipinski definition) is 3. The summed E-state index contributed by atoms with van der Waals surface area (Å²) in [6, 6.07) is 1.64. The van der Waals surface area contributed by atoms with Crippen LogP contribution in [0.1, 0.15) is 38.5 Å². The molecule has 5 aliphatic rings. The van der Waals surface area contributed by atoms with Crippen LogP contribution < -0.4 is 0 Å². The van der Waals surface area contributed by atoms with Gasteiger partial charge in [-0.2, -0.15) is 10.4 Å². The topological polar surface area (TPSA) is 56.5 Å². The van der Waals surface area contributed by atoms with E-state index < -0.39 is 6.04 Å². The Balaban J connectivity index is 1.64. The summed E-state index contributed by atoms with van der Waals surface area (Å²) in [7, 11) is 0. The van der Waals surface area contributed by atoms with Crippen LogP contribution in [-0.4, -0.2) is 23.2 Å². The summed E-state index contributed by atoms with van der Waals surface area (Å²) in [5.41, 5.74) is -0.216. The molecule has 4 heteroatoms. The zero-order chi connectivity index (χ0) is 13.7. The van der Waals surface area contributed by atoms with Crippen LogP contribution in [0.3, 0.4) is 0 Å². The lowest BCUT2D eigenvalue weighted by molar-refractivity contribution is -0.158. The summed E-state index contributed by atoms with van der Waals surface area (Å²) in [6.07, 6.45) is 12.1. The number of allylic oxidation sites excluding steroid dienone is 1. The van der Waals surface area contributed by atoms with Crippen molar-refractivity contribution in [2.75, 3.05) is 0 Å². The first-order chi connectivity index (χ1) is 9.70. The SMILES string of the molecule is N#CC1C=CC=NN1C(=O)C12CC3CC(CC(C3)C1)C2. The Morgan fingerprint density at radius 3 is 2.35 bits per heavy atom. The summed E-state index contributed by atoms with van der Waals surface area (Å²) in [6.45, 7) is 0. The fourth-order valence-corrected chi connectivity index (χ4v) is 5.31. The van der Waals surface area contributed by atoms with Gasteiger partial charge in [0.1, 0.15) is 0 Å². The van der Waals surface area contributed by atoms with Crippen molar-refractivity contribution < 1.29 is 4.79 Å². The molecule has 1 amide bonds. The van der Waals surface area contributed by atoms with Gasteiger partial charge in [-0.3, -0.25) is 4.79 Å². The third-order valence-electron chi connectivity index (χ3n) is 5.67. The van der Waals surface area contributed by atoms with Crippen LogP contribution >= 0.6 is 0 Å². The Hall–Kier alpha value is -1.63. The van der Waals surface area contributed by atoms with Gasteiger partial charge in [-0.05, 0) is 68.4 Å². The number of nitrogens with zero attached hydrogens (tertiary/aromatic N) is 3. The first-order valence-electron chi connectivity index (χ1n) is 7.64. The highest BCUT2D eigenvalue weighted by atomic mass is 16.2. The lowest BCUT2D eigenvalue weighted by atomic mass is 9.49. The van der Waals surface area contributed by atoms with Crippen LogP contribution in [-0.2, 0) is 4.79 Å². The Kier molecular flexibility index (Phi) is 2.54. The second kappa shape index (κ2) is 4.18. The quantitative estimate of drug-likeness (QED) is 0.734. The van der Waals surface area contributed by atoms with E-state index in [-0.39, 0.29) is 11.3 Å². The summed E-state index contributed by atoms with van der Waals surface area (Å²) in [5.74, 6) is 2.30. The highest BCUT2D eigenvalue weighted by Crippen LogP contribution is 2.60. The molecule has 0 saturated heterocycles. The molecule has 4 saturated carbocycles. The van der Waals surface area contributed by atoms with Crippen LogP contribution in [0.4, 0.5) is 0 Å². The van der Waals surface area contributed by atoms with Crippen molar-refractivity contribution in [2.45, 2.75) is 44.6 Å². The molecule has 1 aliphatic heterocycles. The molecule has 104 valence electrons. The molecular formula is C16H19N3O. The van der Waals surface area contributed by atoms with E-state index >= 15 is 0 Å². The van der Waals surface area contributed by atoms with Crippen LogP contribution in [0.2, 0.25) is 0 Å².